The maximum atomic E-state index is 14.1. The van der Waals surface area contributed by atoms with E-state index < -0.39 is 86.3 Å². The number of aryl methyl sites for hydroxylation is 1. The van der Waals surface area contributed by atoms with Crippen LogP contribution in [-0.4, -0.2) is 60.5 Å². The highest BCUT2D eigenvalue weighted by molar-refractivity contribution is 6.54. The maximum Gasteiger partial charge on any atom is 0.260 e. The number of nitrogens with one attached hydrogen (secondary N) is 1. The Bertz CT molecular complexity index is 1980. The van der Waals surface area contributed by atoms with Crippen LogP contribution in [0.1, 0.15) is 84.9 Å². The second-order valence-corrected chi connectivity index (χ2v) is 10.6. The van der Waals surface area contributed by atoms with Crippen molar-refractivity contribution in [1.82, 2.24) is 4.98 Å². The van der Waals surface area contributed by atoms with Crippen LogP contribution < -0.4 is 5.56 Å². The molecule has 11 nitrogen and oxygen atoms in total. The maximum absolute atomic E-state index is 14.1. The average molecular weight is 569 g/mol. The molecular formula is C31H24N2O9. The number of carbonyl (C=O) groups is 4. The van der Waals surface area contributed by atoms with E-state index in [9.17, 15) is 44.4 Å². The molecule has 3 aliphatic rings. The van der Waals surface area contributed by atoms with Crippen molar-refractivity contribution >= 4 is 45.7 Å². The quantitative estimate of drug-likeness (QED) is 0.179. The summed E-state index contributed by atoms with van der Waals surface area (Å²) in [5, 5.41) is 43.6. The average Bonchev–Trinajstić information content (AvgIpc) is 3.41. The lowest BCUT2D eigenvalue weighted by atomic mass is 9.76. The Kier molecular flexibility index (Phi) is 5.91. The van der Waals surface area contributed by atoms with Crippen molar-refractivity contribution in [1.29, 1.82) is 0 Å². The number of aliphatic hydroxyl groups is 1. The van der Waals surface area contributed by atoms with Crippen LogP contribution in [0.4, 0.5) is 0 Å². The summed E-state index contributed by atoms with van der Waals surface area (Å²) in [7, 11) is 0. The summed E-state index contributed by atoms with van der Waals surface area (Å²) in [6, 6.07) is 3.26. The molecule has 1 heterocycles. The topological polar surface area (TPSA) is 194 Å². The number of aliphatic hydroxyl groups excluding tert-OH is 1. The van der Waals surface area contributed by atoms with Gasteiger partial charge in [0.1, 0.15) is 28.9 Å². The normalized spacial score (nSPS) is 21.4. The van der Waals surface area contributed by atoms with Crippen molar-refractivity contribution < 1.29 is 39.6 Å². The first-order valence-electron chi connectivity index (χ1n) is 13.2. The zero-order chi connectivity index (χ0) is 30.2. The molecule has 0 saturated carbocycles. The van der Waals surface area contributed by atoms with Gasteiger partial charge in [-0.15, -0.1) is 0 Å². The minimum atomic E-state index is -2.10. The fraction of sp³-hybridized carbons (Fsp3) is 0.226. The number of fused-ring (bicyclic) bond motifs is 5. The van der Waals surface area contributed by atoms with Gasteiger partial charge in [0.2, 0.25) is 5.78 Å². The SMILES string of the molecule is CC=CC=Cc1cc2cc3c(c(O)c2c(=O)[nH]1)[C@@]1(CC3)C(=O)c2c(O)c3c(c(O)c2C1=O)C(=O)C(=NC(C)O)CC3=O. The number of hydrogen-bond acceptors (Lipinski definition) is 10. The molecule has 1 unspecified atom stereocenters. The van der Waals surface area contributed by atoms with E-state index in [2.05, 4.69) is 9.98 Å². The van der Waals surface area contributed by atoms with Gasteiger partial charge in [0.25, 0.3) is 5.56 Å². The number of carbonyl (C=O) groups excluding carboxylic acids is 4. The summed E-state index contributed by atoms with van der Waals surface area (Å²) in [5.74, 6) is -6.23. The van der Waals surface area contributed by atoms with E-state index in [0.29, 0.717) is 16.6 Å². The number of rotatable bonds is 3. The number of allylic oxidation sites excluding steroid dienone is 3. The van der Waals surface area contributed by atoms with E-state index in [1.165, 1.54) is 6.92 Å². The summed E-state index contributed by atoms with van der Waals surface area (Å²) in [6.45, 7) is 3.09. The number of aromatic hydroxyl groups is 3. The van der Waals surface area contributed by atoms with Crippen LogP contribution >= 0.6 is 0 Å². The van der Waals surface area contributed by atoms with E-state index in [1.54, 1.807) is 36.4 Å². The van der Waals surface area contributed by atoms with E-state index in [-0.39, 0.29) is 29.5 Å². The molecule has 2 atom stereocenters. The van der Waals surface area contributed by atoms with E-state index in [4.69, 9.17) is 0 Å². The van der Waals surface area contributed by atoms with Crippen molar-refractivity contribution in [2.75, 3.05) is 0 Å². The Balaban J connectivity index is 1.58. The van der Waals surface area contributed by atoms with Gasteiger partial charge in [0, 0.05) is 11.3 Å². The van der Waals surface area contributed by atoms with Gasteiger partial charge in [0.15, 0.2) is 17.3 Å². The number of aromatic nitrogens is 1. The number of aliphatic imine (C=N–C) groups is 1. The number of benzene rings is 2. The van der Waals surface area contributed by atoms with Gasteiger partial charge in [-0.2, -0.15) is 0 Å². The number of pyridine rings is 1. The van der Waals surface area contributed by atoms with Gasteiger partial charge < -0.3 is 25.4 Å². The Labute approximate surface area is 237 Å². The standard InChI is InChI=1S/C31H24N2O9/c1-3-4-5-6-15-10-14-9-13-7-8-31(23(13)27(39)18(14)30(42)33-15)28(40)21-22(29(31)41)26(38)20-19(25(21)37)17(35)11-16(24(20)36)32-12(2)34/h3-6,9-10,12,34,37-39H,7-8,11H2,1-2H3,(H,33,42)/t12?,31-/m0/s1. The molecule has 0 aliphatic heterocycles. The zero-order valence-electron chi connectivity index (χ0n) is 22.4. The van der Waals surface area contributed by atoms with E-state index in [0.717, 1.165) is 0 Å². The van der Waals surface area contributed by atoms with Gasteiger partial charge in [-0.05, 0) is 49.8 Å². The Morgan fingerprint density at radius 1 is 0.929 bits per heavy atom. The summed E-state index contributed by atoms with van der Waals surface area (Å²) >= 11 is 0. The second kappa shape index (κ2) is 9.18. The molecule has 212 valence electrons. The third-order valence-electron chi connectivity index (χ3n) is 8.10. The number of nitrogens with zero attached hydrogens (tertiary/aromatic N) is 1. The third-order valence-corrected chi connectivity index (χ3v) is 8.10. The minimum Gasteiger partial charge on any atom is -0.507 e. The van der Waals surface area contributed by atoms with Crippen molar-refractivity contribution in [3.63, 3.8) is 0 Å². The zero-order valence-corrected chi connectivity index (χ0v) is 22.4. The van der Waals surface area contributed by atoms with Gasteiger partial charge in [-0.1, -0.05) is 24.3 Å². The lowest BCUT2D eigenvalue weighted by molar-refractivity contribution is 0.0790. The predicted octanol–water partition coefficient (Wildman–Crippen LogP) is 3.05. The molecule has 6 rings (SSSR count). The molecule has 11 heteroatoms. The Morgan fingerprint density at radius 3 is 2.24 bits per heavy atom. The fourth-order valence-electron chi connectivity index (χ4n) is 6.41. The van der Waals surface area contributed by atoms with Crippen molar-refractivity contribution in [3.05, 3.63) is 79.8 Å². The fourth-order valence-corrected chi connectivity index (χ4v) is 6.41. The van der Waals surface area contributed by atoms with Crippen LogP contribution in [0.5, 0.6) is 17.2 Å². The van der Waals surface area contributed by atoms with Crippen LogP contribution in [0.15, 0.2) is 40.1 Å². The van der Waals surface area contributed by atoms with Crippen molar-refractivity contribution in [2.24, 2.45) is 4.99 Å². The summed E-state index contributed by atoms with van der Waals surface area (Å²) in [5.41, 5.74) is -4.95. The Hall–Kier alpha value is -5.16. The first kappa shape index (κ1) is 27.0. The number of phenols is 3. The number of phenolic OH excluding ortho intramolecular Hbond substituents is 3. The molecule has 5 N–H and O–H groups in total. The molecule has 0 saturated heterocycles. The largest absolute Gasteiger partial charge is 0.507 e. The molecule has 0 fully saturated rings. The molecule has 0 radical (unpaired) electrons. The lowest BCUT2D eigenvalue weighted by Crippen LogP contribution is -2.36. The molecule has 42 heavy (non-hydrogen) atoms. The van der Waals surface area contributed by atoms with Gasteiger partial charge in [-0.3, -0.25) is 29.0 Å². The molecular weight excluding hydrogens is 544 g/mol. The van der Waals surface area contributed by atoms with Crippen LogP contribution in [0.2, 0.25) is 0 Å². The van der Waals surface area contributed by atoms with Crippen LogP contribution in [0.25, 0.3) is 16.8 Å². The van der Waals surface area contributed by atoms with Crippen LogP contribution in [0.3, 0.4) is 0 Å². The number of hydrogen-bond donors (Lipinski definition) is 5. The highest BCUT2D eigenvalue weighted by Crippen LogP contribution is 2.57. The van der Waals surface area contributed by atoms with Crippen LogP contribution in [-0.2, 0) is 11.8 Å². The lowest BCUT2D eigenvalue weighted by Gasteiger charge is -2.22. The molecule has 2 aromatic carbocycles. The summed E-state index contributed by atoms with van der Waals surface area (Å²) in [4.78, 5) is 73.8. The van der Waals surface area contributed by atoms with E-state index >= 15 is 0 Å². The molecule has 0 amide bonds. The minimum absolute atomic E-state index is 0.116. The highest BCUT2D eigenvalue weighted by Gasteiger charge is 2.61. The second-order valence-electron chi connectivity index (χ2n) is 10.6. The third kappa shape index (κ3) is 3.43. The number of Topliss-reactive ketones (excluding diaryl/α,β-unsaturated/α-hetero) is 4. The monoisotopic (exact) mass is 568 g/mol. The highest BCUT2D eigenvalue weighted by atomic mass is 16.3. The molecule has 3 aliphatic carbocycles. The summed E-state index contributed by atoms with van der Waals surface area (Å²) < 4.78 is 0. The van der Waals surface area contributed by atoms with Gasteiger partial charge in [0.05, 0.1) is 39.8 Å². The molecule has 1 spiro atoms. The number of H-pyrrole nitrogens is 1. The smallest absolute Gasteiger partial charge is 0.260 e. The van der Waals surface area contributed by atoms with Gasteiger partial charge in [-0.25, -0.2) is 0 Å². The first-order chi connectivity index (χ1) is 19.9. The first-order valence-corrected chi connectivity index (χ1v) is 13.2. The summed E-state index contributed by atoms with van der Waals surface area (Å²) in [6.07, 6.45) is 5.02. The molecule has 3 aromatic rings. The van der Waals surface area contributed by atoms with Crippen molar-refractivity contribution in [3.8, 4) is 17.2 Å². The van der Waals surface area contributed by atoms with E-state index in [1.807, 2.05) is 6.92 Å². The van der Waals surface area contributed by atoms with Crippen LogP contribution in [0, 0.1) is 0 Å². The Morgan fingerprint density at radius 2 is 1.60 bits per heavy atom. The van der Waals surface area contributed by atoms with Crippen molar-refractivity contribution in [2.45, 2.75) is 44.8 Å². The molecule has 1 aromatic heterocycles. The number of ketones is 4. The van der Waals surface area contributed by atoms with Gasteiger partial charge >= 0.3 is 0 Å². The molecule has 0 bridgehead atoms. The number of aromatic amines is 1. The predicted molar refractivity (Wildman–Crippen MR) is 151 cm³/mol.